The summed E-state index contributed by atoms with van der Waals surface area (Å²) in [5.41, 5.74) is 2.34. The predicted molar refractivity (Wildman–Crippen MR) is 102 cm³/mol. The highest BCUT2D eigenvalue weighted by atomic mass is 32.2. The van der Waals surface area contributed by atoms with Crippen LogP contribution in [0.4, 0.5) is 5.82 Å². The number of carbonyl (C=O) groups excluding carboxylic acids is 1. The molecule has 1 aliphatic heterocycles. The molecule has 1 saturated heterocycles. The van der Waals surface area contributed by atoms with Gasteiger partial charge in [-0.05, 0) is 61.8 Å². The minimum absolute atomic E-state index is 0.230. The van der Waals surface area contributed by atoms with Gasteiger partial charge >= 0.3 is 0 Å². The van der Waals surface area contributed by atoms with E-state index in [1.807, 2.05) is 6.07 Å². The van der Waals surface area contributed by atoms with Crippen molar-refractivity contribution in [3.05, 3.63) is 41.6 Å². The molecule has 1 atom stereocenters. The number of rotatable bonds is 4. The normalized spacial score (nSPS) is 20.6. The number of aryl methyl sites for hydroxylation is 3. The Kier molecular flexibility index (Phi) is 4.77. The fourth-order valence-electron chi connectivity index (χ4n) is 3.98. The van der Waals surface area contributed by atoms with E-state index in [0.29, 0.717) is 18.8 Å². The Morgan fingerprint density at radius 3 is 2.63 bits per heavy atom. The van der Waals surface area contributed by atoms with E-state index in [-0.39, 0.29) is 10.8 Å². The molecule has 7 nitrogen and oxygen atoms in total. The lowest BCUT2D eigenvalue weighted by atomic mass is 9.92. The number of fused-ring (bicyclic) bond motifs is 1. The number of hydrogen-bond donors (Lipinski definition) is 1. The second-order valence-electron chi connectivity index (χ2n) is 7.26. The molecule has 1 N–H and O–H groups in total. The highest BCUT2D eigenvalue weighted by Crippen LogP contribution is 2.25. The molecular weight excluding hydrogens is 364 g/mol. The van der Waals surface area contributed by atoms with Gasteiger partial charge in [0.05, 0.1) is 11.1 Å². The van der Waals surface area contributed by atoms with Crippen LogP contribution < -0.4 is 9.62 Å². The summed E-state index contributed by atoms with van der Waals surface area (Å²) in [6, 6.07) is 6.34. The Hall–Kier alpha value is -2.19. The maximum Gasteiger partial charge on any atom is 0.246 e. The molecule has 1 amide bonds. The Morgan fingerprint density at radius 1 is 1.11 bits per heavy atom. The van der Waals surface area contributed by atoms with Crippen LogP contribution in [0.2, 0.25) is 0 Å². The smallest absolute Gasteiger partial charge is 0.246 e. The third-order valence-corrected chi connectivity index (χ3v) is 6.91. The molecule has 1 fully saturated rings. The topological polar surface area (TPSA) is 84.3 Å². The molecule has 0 spiro atoms. The van der Waals surface area contributed by atoms with Crippen molar-refractivity contribution in [2.24, 2.45) is 7.05 Å². The van der Waals surface area contributed by atoms with Gasteiger partial charge in [-0.1, -0.05) is 6.07 Å². The third-order valence-electron chi connectivity index (χ3n) is 5.44. The van der Waals surface area contributed by atoms with Gasteiger partial charge < -0.3 is 0 Å². The number of amides is 1. The molecule has 1 aromatic heterocycles. The first kappa shape index (κ1) is 18.2. The van der Waals surface area contributed by atoms with E-state index in [0.717, 1.165) is 37.7 Å². The molecule has 0 radical (unpaired) electrons. The molecule has 2 heterocycles. The van der Waals surface area contributed by atoms with Crippen molar-refractivity contribution in [3.63, 3.8) is 0 Å². The lowest BCUT2D eigenvalue weighted by molar-refractivity contribution is -0.121. The third kappa shape index (κ3) is 3.51. The monoisotopic (exact) mass is 388 g/mol. The highest BCUT2D eigenvalue weighted by molar-refractivity contribution is 7.89. The molecule has 144 valence electrons. The highest BCUT2D eigenvalue weighted by Gasteiger charge is 2.34. The van der Waals surface area contributed by atoms with Crippen LogP contribution in [0.5, 0.6) is 0 Å². The summed E-state index contributed by atoms with van der Waals surface area (Å²) >= 11 is 0. The van der Waals surface area contributed by atoms with E-state index < -0.39 is 16.1 Å². The molecule has 1 aliphatic carbocycles. The van der Waals surface area contributed by atoms with Crippen LogP contribution in [-0.4, -0.2) is 36.7 Å². The second kappa shape index (κ2) is 7.09. The van der Waals surface area contributed by atoms with Crippen molar-refractivity contribution in [3.8, 4) is 0 Å². The van der Waals surface area contributed by atoms with Crippen molar-refractivity contribution >= 4 is 21.7 Å². The van der Waals surface area contributed by atoms with E-state index in [1.54, 1.807) is 41.0 Å². The first-order valence-corrected chi connectivity index (χ1v) is 10.9. The van der Waals surface area contributed by atoms with Gasteiger partial charge in [-0.2, -0.15) is 9.82 Å². The van der Waals surface area contributed by atoms with Gasteiger partial charge in [0.2, 0.25) is 15.9 Å². The van der Waals surface area contributed by atoms with Crippen molar-refractivity contribution < 1.29 is 13.2 Å². The summed E-state index contributed by atoms with van der Waals surface area (Å²) in [5.74, 6) is 0.448. The second-order valence-corrected chi connectivity index (χ2v) is 8.97. The quantitative estimate of drug-likeness (QED) is 0.865. The number of carbonyl (C=O) groups is 1. The van der Waals surface area contributed by atoms with Gasteiger partial charge in [0.15, 0.2) is 0 Å². The molecule has 1 aromatic carbocycles. The standard InChI is InChI=1S/C19H24N4O3S/c1-22-18(10-11-20-22)23-12-4-7-17(19(23)24)21-27(25,26)16-9-8-14-5-2-3-6-15(14)13-16/h8-11,13,17,21H,2-7,12H2,1H3. The van der Waals surface area contributed by atoms with Crippen molar-refractivity contribution in [2.45, 2.75) is 49.5 Å². The number of benzene rings is 1. The molecule has 27 heavy (non-hydrogen) atoms. The van der Waals surface area contributed by atoms with Gasteiger partial charge in [-0.25, -0.2) is 8.42 Å². The van der Waals surface area contributed by atoms with Crippen LogP contribution >= 0.6 is 0 Å². The Bertz CT molecular complexity index is 967. The minimum atomic E-state index is -3.75. The molecule has 4 rings (SSSR count). The number of aromatic nitrogens is 2. The average Bonchev–Trinajstić information content (AvgIpc) is 3.08. The molecular formula is C19H24N4O3S. The summed E-state index contributed by atoms with van der Waals surface area (Å²) in [4.78, 5) is 14.7. The lowest BCUT2D eigenvalue weighted by Crippen LogP contribution is -2.52. The zero-order chi connectivity index (χ0) is 19.0. The first-order chi connectivity index (χ1) is 13.0. The average molecular weight is 388 g/mol. The zero-order valence-electron chi connectivity index (χ0n) is 15.4. The summed E-state index contributed by atoms with van der Waals surface area (Å²) < 4.78 is 30.0. The summed E-state index contributed by atoms with van der Waals surface area (Å²) in [7, 11) is -1.98. The Morgan fingerprint density at radius 2 is 1.89 bits per heavy atom. The number of hydrogen-bond acceptors (Lipinski definition) is 4. The largest absolute Gasteiger partial charge is 0.296 e. The van der Waals surface area contributed by atoms with E-state index >= 15 is 0 Å². The van der Waals surface area contributed by atoms with Crippen LogP contribution in [0.3, 0.4) is 0 Å². The zero-order valence-corrected chi connectivity index (χ0v) is 16.2. The number of piperidine rings is 1. The fourth-order valence-corrected chi connectivity index (χ4v) is 5.25. The summed E-state index contributed by atoms with van der Waals surface area (Å²) in [6.45, 7) is 0.565. The number of nitrogens with zero attached hydrogens (tertiary/aromatic N) is 3. The summed E-state index contributed by atoms with van der Waals surface area (Å²) in [6.07, 6.45) is 7.01. The van der Waals surface area contributed by atoms with Crippen LogP contribution in [0, 0.1) is 0 Å². The molecule has 2 aliphatic rings. The van der Waals surface area contributed by atoms with Crippen LogP contribution in [0.1, 0.15) is 36.8 Å². The van der Waals surface area contributed by atoms with Crippen LogP contribution in [-0.2, 0) is 34.7 Å². The molecule has 8 heteroatoms. The maximum atomic E-state index is 12.9. The van der Waals surface area contributed by atoms with Crippen molar-refractivity contribution in [2.75, 3.05) is 11.4 Å². The van der Waals surface area contributed by atoms with E-state index in [9.17, 15) is 13.2 Å². The molecule has 0 saturated carbocycles. The van der Waals surface area contributed by atoms with E-state index in [4.69, 9.17) is 0 Å². The fraction of sp³-hybridized carbons (Fsp3) is 0.474. The molecule has 0 bridgehead atoms. The van der Waals surface area contributed by atoms with Gasteiger partial charge in [-0.3, -0.25) is 14.4 Å². The van der Waals surface area contributed by atoms with Gasteiger partial charge in [0.1, 0.15) is 11.9 Å². The van der Waals surface area contributed by atoms with Gasteiger partial charge in [-0.15, -0.1) is 0 Å². The number of nitrogens with one attached hydrogen (secondary N) is 1. The molecule has 2 aromatic rings. The van der Waals surface area contributed by atoms with E-state index in [2.05, 4.69) is 9.82 Å². The Labute approximate surface area is 159 Å². The SMILES string of the molecule is Cn1nccc1N1CCCC(NS(=O)(=O)c2ccc3c(c2)CCCC3)C1=O. The van der Waals surface area contributed by atoms with Gasteiger partial charge in [0.25, 0.3) is 0 Å². The maximum absolute atomic E-state index is 12.9. The summed E-state index contributed by atoms with van der Waals surface area (Å²) in [5, 5.41) is 4.10. The minimum Gasteiger partial charge on any atom is -0.296 e. The van der Waals surface area contributed by atoms with Crippen LogP contribution in [0.15, 0.2) is 35.4 Å². The molecule has 1 unspecified atom stereocenters. The van der Waals surface area contributed by atoms with Crippen LogP contribution in [0.25, 0.3) is 0 Å². The van der Waals surface area contributed by atoms with Crippen molar-refractivity contribution in [1.82, 2.24) is 14.5 Å². The van der Waals surface area contributed by atoms with E-state index in [1.165, 1.54) is 5.56 Å². The number of anilines is 1. The predicted octanol–water partition coefficient (Wildman–Crippen LogP) is 1.77. The van der Waals surface area contributed by atoms with Gasteiger partial charge in [0, 0.05) is 19.7 Å². The Balaban J connectivity index is 1.55. The number of sulfonamides is 1. The first-order valence-electron chi connectivity index (χ1n) is 9.39. The van der Waals surface area contributed by atoms with Crippen molar-refractivity contribution in [1.29, 1.82) is 0 Å². The lowest BCUT2D eigenvalue weighted by Gasteiger charge is -2.32.